The number of hydrogen-bond donors (Lipinski definition) is 1. The van der Waals surface area contributed by atoms with Crippen LogP contribution in [0.25, 0.3) is 0 Å². The summed E-state index contributed by atoms with van der Waals surface area (Å²) in [6.45, 7) is 13.8. The molecule has 3 nitrogen and oxygen atoms in total. The van der Waals surface area contributed by atoms with Gasteiger partial charge in [0.25, 0.3) is 0 Å². The molecule has 21 heavy (non-hydrogen) atoms. The van der Waals surface area contributed by atoms with Crippen molar-refractivity contribution in [2.45, 2.75) is 83.8 Å². The zero-order valence-electron chi connectivity index (χ0n) is 14.8. The molecule has 1 saturated heterocycles. The second kappa shape index (κ2) is 7.43. The first kappa shape index (κ1) is 17.2. The molecule has 0 aromatic carbocycles. The summed E-state index contributed by atoms with van der Waals surface area (Å²) in [4.78, 5) is 5.47. The zero-order chi connectivity index (χ0) is 15.5. The first-order valence-electron chi connectivity index (χ1n) is 9.19. The molecule has 0 spiro atoms. The minimum Gasteiger partial charge on any atom is -0.329 e. The first-order chi connectivity index (χ1) is 9.98. The molecule has 0 amide bonds. The Morgan fingerprint density at radius 3 is 2.10 bits per heavy atom. The van der Waals surface area contributed by atoms with E-state index in [0.29, 0.717) is 6.04 Å². The van der Waals surface area contributed by atoms with E-state index in [0.717, 1.165) is 18.5 Å². The fraction of sp³-hybridized carbons (Fsp3) is 1.00. The van der Waals surface area contributed by atoms with Crippen LogP contribution in [-0.2, 0) is 0 Å². The third-order valence-corrected chi connectivity index (χ3v) is 5.78. The van der Waals surface area contributed by atoms with E-state index in [1.807, 2.05) is 0 Å². The van der Waals surface area contributed by atoms with Gasteiger partial charge in [0.1, 0.15) is 0 Å². The van der Waals surface area contributed by atoms with Gasteiger partial charge in [-0.2, -0.15) is 0 Å². The lowest BCUT2D eigenvalue weighted by Gasteiger charge is -2.52. The number of likely N-dealkylation sites (tertiary alicyclic amines) is 1. The molecule has 0 aromatic rings. The van der Waals surface area contributed by atoms with Crippen LogP contribution in [0.4, 0.5) is 0 Å². The highest BCUT2D eigenvalue weighted by Crippen LogP contribution is 2.36. The van der Waals surface area contributed by atoms with Crippen molar-refractivity contribution >= 4 is 0 Å². The van der Waals surface area contributed by atoms with E-state index in [2.05, 4.69) is 37.5 Å². The maximum Gasteiger partial charge on any atom is 0.0359 e. The molecule has 124 valence electrons. The van der Waals surface area contributed by atoms with E-state index in [1.165, 1.54) is 58.2 Å². The standard InChI is InChI=1S/C18H37N3/c1-15(2)13-21(17-7-5-6-8-17)18(14-19)9-11-20(12-10-18)16(3)4/h15-17H,5-14,19H2,1-4H3. The summed E-state index contributed by atoms with van der Waals surface area (Å²) in [5, 5.41) is 0. The Balaban J connectivity index is 2.11. The average molecular weight is 296 g/mol. The van der Waals surface area contributed by atoms with Crippen molar-refractivity contribution in [1.82, 2.24) is 9.80 Å². The zero-order valence-corrected chi connectivity index (χ0v) is 14.8. The number of nitrogens with two attached hydrogens (primary N) is 1. The second-order valence-electron chi connectivity index (χ2n) is 8.04. The highest BCUT2D eigenvalue weighted by molar-refractivity contribution is 5.00. The highest BCUT2D eigenvalue weighted by Gasteiger charge is 2.42. The number of rotatable bonds is 6. The SMILES string of the molecule is CC(C)CN(C1CCCC1)C1(CN)CCN(C(C)C)CC1. The third kappa shape index (κ3) is 4.00. The van der Waals surface area contributed by atoms with Crippen LogP contribution >= 0.6 is 0 Å². The van der Waals surface area contributed by atoms with Gasteiger partial charge in [-0.25, -0.2) is 0 Å². The molecular weight excluding hydrogens is 258 g/mol. The van der Waals surface area contributed by atoms with Gasteiger partial charge in [0, 0.05) is 43.8 Å². The van der Waals surface area contributed by atoms with Crippen LogP contribution < -0.4 is 5.73 Å². The predicted octanol–water partition coefficient (Wildman–Crippen LogP) is 3.09. The first-order valence-corrected chi connectivity index (χ1v) is 9.19. The summed E-state index contributed by atoms with van der Waals surface area (Å²) in [5.41, 5.74) is 6.61. The van der Waals surface area contributed by atoms with Crippen molar-refractivity contribution in [3.63, 3.8) is 0 Å². The van der Waals surface area contributed by atoms with Crippen molar-refractivity contribution in [2.75, 3.05) is 26.2 Å². The van der Waals surface area contributed by atoms with Crippen molar-refractivity contribution < 1.29 is 0 Å². The molecule has 2 fully saturated rings. The molecule has 2 N–H and O–H groups in total. The Morgan fingerprint density at radius 2 is 1.67 bits per heavy atom. The van der Waals surface area contributed by atoms with Gasteiger partial charge >= 0.3 is 0 Å². The van der Waals surface area contributed by atoms with Crippen LogP contribution in [0, 0.1) is 5.92 Å². The van der Waals surface area contributed by atoms with Crippen LogP contribution in [0.15, 0.2) is 0 Å². The molecule has 2 rings (SSSR count). The molecule has 1 saturated carbocycles. The molecule has 0 unspecified atom stereocenters. The van der Waals surface area contributed by atoms with E-state index < -0.39 is 0 Å². The summed E-state index contributed by atoms with van der Waals surface area (Å²) < 4.78 is 0. The smallest absolute Gasteiger partial charge is 0.0359 e. The highest BCUT2D eigenvalue weighted by atomic mass is 15.3. The molecule has 0 aromatic heterocycles. The summed E-state index contributed by atoms with van der Waals surface area (Å²) >= 11 is 0. The molecule has 1 heterocycles. The lowest BCUT2D eigenvalue weighted by molar-refractivity contribution is -0.0156. The molecular formula is C18H37N3. The Hall–Kier alpha value is -0.120. The van der Waals surface area contributed by atoms with Crippen molar-refractivity contribution in [3.05, 3.63) is 0 Å². The molecule has 2 aliphatic rings. The molecule has 0 atom stereocenters. The van der Waals surface area contributed by atoms with Crippen LogP contribution in [0.1, 0.15) is 66.2 Å². The molecule has 0 radical (unpaired) electrons. The maximum atomic E-state index is 6.34. The van der Waals surface area contributed by atoms with E-state index in [9.17, 15) is 0 Å². The maximum absolute atomic E-state index is 6.34. The van der Waals surface area contributed by atoms with E-state index in [1.54, 1.807) is 0 Å². The molecule has 3 heteroatoms. The number of nitrogens with zero attached hydrogens (tertiary/aromatic N) is 2. The topological polar surface area (TPSA) is 32.5 Å². The van der Waals surface area contributed by atoms with Gasteiger partial charge in [0.05, 0.1) is 0 Å². The molecule has 0 bridgehead atoms. The van der Waals surface area contributed by atoms with Crippen LogP contribution in [0.2, 0.25) is 0 Å². The number of piperidine rings is 1. The van der Waals surface area contributed by atoms with Crippen LogP contribution in [0.5, 0.6) is 0 Å². The van der Waals surface area contributed by atoms with Gasteiger partial charge in [-0.1, -0.05) is 26.7 Å². The summed E-state index contributed by atoms with van der Waals surface area (Å²) in [5.74, 6) is 0.733. The van der Waals surface area contributed by atoms with E-state index in [-0.39, 0.29) is 5.54 Å². The van der Waals surface area contributed by atoms with Gasteiger partial charge in [0.2, 0.25) is 0 Å². The lowest BCUT2D eigenvalue weighted by atomic mass is 9.83. The lowest BCUT2D eigenvalue weighted by Crippen LogP contribution is -2.63. The minimum absolute atomic E-state index is 0.269. The van der Waals surface area contributed by atoms with Crippen LogP contribution in [0.3, 0.4) is 0 Å². The molecule has 1 aliphatic heterocycles. The fourth-order valence-corrected chi connectivity index (χ4v) is 4.40. The fourth-order valence-electron chi connectivity index (χ4n) is 4.40. The minimum atomic E-state index is 0.269. The summed E-state index contributed by atoms with van der Waals surface area (Å²) in [6.07, 6.45) is 8.12. The quantitative estimate of drug-likeness (QED) is 0.817. The number of hydrogen-bond acceptors (Lipinski definition) is 3. The van der Waals surface area contributed by atoms with Gasteiger partial charge in [0.15, 0.2) is 0 Å². The second-order valence-corrected chi connectivity index (χ2v) is 8.04. The normalized spacial score (nSPS) is 24.6. The Morgan fingerprint density at radius 1 is 1.10 bits per heavy atom. The van der Waals surface area contributed by atoms with E-state index >= 15 is 0 Å². The van der Waals surface area contributed by atoms with Gasteiger partial charge < -0.3 is 10.6 Å². The monoisotopic (exact) mass is 295 g/mol. The molecule has 1 aliphatic carbocycles. The van der Waals surface area contributed by atoms with Crippen molar-refractivity contribution in [3.8, 4) is 0 Å². The Labute approximate surface area is 132 Å². The van der Waals surface area contributed by atoms with Gasteiger partial charge in [-0.05, 0) is 45.4 Å². The van der Waals surface area contributed by atoms with Crippen molar-refractivity contribution in [2.24, 2.45) is 11.7 Å². The van der Waals surface area contributed by atoms with Gasteiger partial charge in [-0.3, -0.25) is 4.90 Å². The van der Waals surface area contributed by atoms with Gasteiger partial charge in [-0.15, -0.1) is 0 Å². The summed E-state index contributed by atoms with van der Waals surface area (Å²) in [7, 11) is 0. The average Bonchev–Trinajstić information content (AvgIpc) is 2.98. The largest absolute Gasteiger partial charge is 0.329 e. The Bertz CT molecular complexity index is 300. The van der Waals surface area contributed by atoms with Crippen molar-refractivity contribution in [1.29, 1.82) is 0 Å². The predicted molar refractivity (Wildman–Crippen MR) is 91.5 cm³/mol. The van der Waals surface area contributed by atoms with E-state index in [4.69, 9.17) is 5.73 Å². The summed E-state index contributed by atoms with van der Waals surface area (Å²) in [6, 6.07) is 1.47. The van der Waals surface area contributed by atoms with Crippen LogP contribution in [-0.4, -0.2) is 53.6 Å². The third-order valence-electron chi connectivity index (χ3n) is 5.78. The Kier molecular flexibility index (Phi) is 6.10.